The van der Waals surface area contributed by atoms with Crippen molar-refractivity contribution in [1.82, 2.24) is 20.0 Å². The van der Waals surface area contributed by atoms with Crippen LogP contribution in [0.1, 0.15) is 51.9 Å². The van der Waals surface area contributed by atoms with Gasteiger partial charge in [0.1, 0.15) is 0 Å². The number of nitrogens with one attached hydrogen (secondary N) is 1. The monoisotopic (exact) mass is 304 g/mol. The van der Waals surface area contributed by atoms with E-state index in [9.17, 15) is 4.79 Å². The van der Waals surface area contributed by atoms with Gasteiger partial charge < -0.3 is 10.2 Å². The fourth-order valence-electron chi connectivity index (χ4n) is 3.89. The Bertz CT molecular complexity index is 479. The Labute approximate surface area is 133 Å². The Hall–Kier alpha value is -1.52. The second-order valence-electron chi connectivity index (χ2n) is 7.25. The summed E-state index contributed by atoms with van der Waals surface area (Å²) in [5, 5.41) is 7.46. The molecule has 0 aromatic carbocycles. The van der Waals surface area contributed by atoms with Crippen molar-refractivity contribution < 1.29 is 4.79 Å². The number of nitrogens with zero attached hydrogens (tertiary/aromatic N) is 3. The molecule has 2 amide bonds. The Morgan fingerprint density at radius 2 is 2.14 bits per heavy atom. The van der Waals surface area contributed by atoms with Crippen LogP contribution in [0.2, 0.25) is 0 Å². The highest BCUT2D eigenvalue weighted by Gasteiger charge is 2.31. The zero-order valence-corrected chi connectivity index (χ0v) is 13.6. The first-order valence-corrected chi connectivity index (χ1v) is 8.68. The van der Waals surface area contributed by atoms with Gasteiger partial charge >= 0.3 is 6.03 Å². The van der Waals surface area contributed by atoms with Gasteiger partial charge in [0, 0.05) is 25.5 Å². The van der Waals surface area contributed by atoms with Gasteiger partial charge in [0.2, 0.25) is 0 Å². The summed E-state index contributed by atoms with van der Waals surface area (Å²) in [5.74, 6) is 0. The average molecular weight is 304 g/mol. The molecule has 2 fully saturated rings. The maximum absolute atomic E-state index is 12.6. The summed E-state index contributed by atoms with van der Waals surface area (Å²) in [6.07, 6.45) is 12.4. The molecule has 1 aromatic rings. The van der Waals surface area contributed by atoms with E-state index < -0.39 is 0 Å². The van der Waals surface area contributed by atoms with Crippen LogP contribution in [0.25, 0.3) is 0 Å². The van der Waals surface area contributed by atoms with Crippen LogP contribution in [0.5, 0.6) is 0 Å². The fraction of sp³-hybridized carbons (Fsp3) is 0.765. The number of amides is 2. The van der Waals surface area contributed by atoms with Gasteiger partial charge in [0.15, 0.2) is 0 Å². The molecule has 0 bridgehead atoms. The number of hydrogen-bond donors (Lipinski definition) is 1. The Balaban J connectivity index is 1.52. The van der Waals surface area contributed by atoms with Crippen LogP contribution < -0.4 is 5.32 Å². The molecule has 5 nitrogen and oxygen atoms in total. The molecule has 3 rings (SSSR count). The van der Waals surface area contributed by atoms with Crippen LogP contribution in [0.4, 0.5) is 4.79 Å². The Kier molecular flexibility index (Phi) is 4.69. The maximum atomic E-state index is 12.6. The van der Waals surface area contributed by atoms with Crippen LogP contribution in [0.15, 0.2) is 18.5 Å². The van der Waals surface area contributed by atoms with E-state index in [4.69, 9.17) is 0 Å². The van der Waals surface area contributed by atoms with Gasteiger partial charge in [-0.1, -0.05) is 26.2 Å². The lowest BCUT2D eigenvalue weighted by Gasteiger charge is -2.35. The van der Waals surface area contributed by atoms with Gasteiger partial charge in [-0.05, 0) is 37.2 Å². The quantitative estimate of drug-likeness (QED) is 0.929. The number of likely N-dealkylation sites (tertiary alicyclic amines) is 1. The summed E-state index contributed by atoms with van der Waals surface area (Å²) in [7, 11) is 0. The Morgan fingerprint density at radius 3 is 2.86 bits per heavy atom. The molecule has 1 aromatic heterocycles. The predicted octanol–water partition coefficient (Wildman–Crippen LogP) is 3.03. The molecule has 0 radical (unpaired) electrons. The van der Waals surface area contributed by atoms with Crippen LogP contribution in [0.3, 0.4) is 0 Å². The van der Waals surface area contributed by atoms with Gasteiger partial charge in [-0.3, -0.25) is 4.68 Å². The van der Waals surface area contributed by atoms with Crippen molar-refractivity contribution in [3.05, 3.63) is 18.5 Å². The molecule has 22 heavy (non-hydrogen) atoms. The smallest absolute Gasteiger partial charge is 0.317 e. The van der Waals surface area contributed by atoms with Crippen molar-refractivity contribution in [2.24, 2.45) is 5.41 Å². The lowest BCUT2D eigenvalue weighted by atomic mass is 9.76. The maximum Gasteiger partial charge on any atom is 0.317 e. The van der Waals surface area contributed by atoms with Gasteiger partial charge in [0.05, 0.1) is 12.6 Å². The summed E-state index contributed by atoms with van der Waals surface area (Å²) in [6, 6.07) is 2.32. The van der Waals surface area contributed by atoms with Gasteiger partial charge in [-0.25, -0.2) is 4.79 Å². The van der Waals surface area contributed by atoms with Gasteiger partial charge in [-0.2, -0.15) is 5.10 Å². The van der Waals surface area contributed by atoms with Gasteiger partial charge in [-0.15, -0.1) is 0 Å². The van der Waals surface area contributed by atoms with Crippen LogP contribution >= 0.6 is 0 Å². The standard InChI is InChI=1S/C17H28N4O/c1-17(8-3-2-4-9-17)14-18-16(22)21-12-5-7-15(21)13-20-11-6-10-19-20/h6,10-11,15H,2-5,7-9,12-14H2,1H3,(H,18,22)/t15-/m1/s1. The molecule has 1 N–H and O–H groups in total. The SMILES string of the molecule is CC1(CNC(=O)N2CCC[C@@H]2Cn2cccn2)CCCCC1. The molecule has 2 aliphatic rings. The van der Waals surface area contributed by atoms with Crippen LogP contribution in [-0.4, -0.2) is 39.8 Å². The number of carbonyl (C=O) groups is 1. The minimum absolute atomic E-state index is 0.112. The van der Waals surface area contributed by atoms with E-state index in [1.165, 1.54) is 32.1 Å². The molecule has 1 saturated carbocycles. The zero-order valence-electron chi connectivity index (χ0n) is 13.6. The molecule has 1 aliphatic heterocycles. The molecule has 0 spiro atoms. The second kappa shape index (κ2) is 6.71. The molecule has 0 unspecified atom stereocenters. The van der Waals surface area contributed by atoms with E-state index in [2.05, 4.69) is 17.3 Å². The lowest BCUT2D eigenvalue weighted by molar-refractivity contribution is 0.167. The minimum Gasteiger partial charge on any atom is -0.337 e. The number of rotatable bonds is 4. The fourth-order valence-corrected chi connectivity index (χ4v) is 3.89. The van der Waals surface area contributed by atoms with Crippen molar-refractivity contribution in [2.45, 2.75) is 64.5 Å². The molecule has 122 valence electrons. The van der Waals surface area contributed by atoms with Gasteiger partial charge in [0.25, 0.3) is 0 Å². The number of aromatic nitrogens is 2. The van der Waals surface area contributed by atoms with E-state index in [1.807, 2.05) is 21.8 Å². The van der Waals surface area contributed by atoms with Crippen molar-refractivity contribution in [3.8, 4) is 0 Å². The average Bonchev–Trinajstić information content (AvgIpc) is 3.18. The Morgan fingerprint density at radius 1 is 1.32 bits per heavy atom. The van der Waals surface area contributed by atoms with E-state index in [-0.39, 0.29) is 12.1 Å². The summed E-state index contributed by atoms with van der Waals surface area (Å²) in [6.45, 7) is 4.81. The van der Waals surface area contributed by atoms with Crippen molar-refractivity contribution in [2.75, 3.05) is 13.1 Å². The zero-order chi connectivity index (χ0) is 15.4. The number of carbonyl (C=O) groups excluding carboxylic acids is 1. The van der Waals surface area contributed by atoms with Crippen molar-refractivity contribution in [3.63, 3.8) is 0 Å². The highest BCUT2D eigenvalue weighted by Crippen LogP contribution is 2.35. The van der Waals surface area contributed by atoms with E-state index in [1.54, 1.807) is 6.20 Å². The van der Waals surface area contributed by atoms with Crippen molar-refractivity contribution >= 4 is 6.03 Å². The molecule has 2 heterocycles. The molecular weight excluding hydrogens is 276 g/mol. The summed E-state index contributed by atoms with van der Waals surface area (Å²) in [4.78, 5) is 14.6. The largest absolute Gasteiger partial charge is 0.337 e. The lowest BCUT2D eigenvalue weighted by Crippen LogP contribution is -2.47. The van der Waals surface area contributed by atoms with E-state index in [0.29, 0.717) is 5.41 Å². The summed E-state index contributed by atoms with van der Waals surface area (Å²) >= 11 is 0. The number of hydrogen-bond acceptors (Lipinski definition) is 2. The first-order valence-electron chi connectivity index (χ1n) is 8.68. The molecule has 1 aliphatic carbocycles. The third kappa shape index (κ3) is 3.62. The minimum atomic E-state index is 0.112. The topological polar surface area (TPSA) is 50.2 Å². The molecule has 1 atom stereocenters. The van der Waals surface area contributed by atoms with Crippen LogP contribution in [0, 0.1) is 5.41 Å². The predicted molar refractivity (Wildman–Crippen MR) is 86.5 cm³/mol. The molecule has 1 saturated heterocycles. The molecule has 5 heteroatoms. The summed E-state index contributed by atoms with van der Waals surface area (Å²) in [5.41, 5.74) is 0.297. The van der Waals surface area contributed by atoms with Crippen LogP contribution in [-0.2, 0) is 6.54 Å². The van der Waals surface area contributed by atoms with Crippen molar-refractivity contribution in [1.29, 1.82) is 0 Å². The van der Waals surface area contributed by atoms with E-state index >= 15 is 0 Å². The normalized spacial score (nSPS) is 24.4. The summed E-state index contributed by atoms with van der Waals surface area (Å²) < 4.78 is 1.93. The first-order chi connectivity index (χ1) is 10.7. The first kappa shape index (κ1) is 15.4. The highest BCUT2D eigenvalue weighted by molar-refractivity contribution is 5.74. The highest BCUT2D eigenvalue weighted by atomic mass is 16.2. The second-order valence-corrected chi connectivity index (χ2v) is 7.25. The third-order valence-electron chi connectivity index (χ3n) is 5.32. The van der Waals surface area contributed by atoms with E-state index in [0.717, 1.165) is 32.5 Å². The number of urea groups is 1. The third-order valence-corrected chi connectivity index (χ3v) is 5.32. The molecular formula is C17H28N4O.